The molecule has 0 fully saturated rings. The van der Waals surface area contributed by atoms with Gasteiger partial charge in [-0.2, -0.15) is 0 Å². The summed E-state index contributed by atoms with van der Waals surface area (Å²) < 4.78 is 5.06. The first-order valence-electron chi connectivity index (χ1n) is 2.73. The van der Waals surface area contributed by atoms with Crippen LogP contribution >= 0.6 is 8.81 Å². The fourth-order valence-corrected chi connectivity index (χ4v) is 1.22. The summed E-state index contributed by atoms with van der Waals surface area (Å²) in [5, 5.41) is 1.12. The monoisotopic (exact) mass is 140 g/mol. The van der Waals surface area contributed by atoms with E-state index in [2.05, 4.69) is 13.2 Å². The number of allylic oxidation sites excluding steroid dienone is 3. The average molecular weight is 140 g/mol. The van der Waals surface area contributed by atoms with Gasteiger partial charge in [0.2, 0.25) is 0 Å². The summed E-state index contributed by atoms with van der Waals surface area (Å²) >= 11 is 0. The van der Waals surface area contributed by atoms with Gasteiger partial charge in [-0.05, 0) is 23.4 Å². The van der Waals surface area contributed by atoms with E-state index >= 15 is 0 Å². The number of hydrogen-bond acceptors (Lipinski definition) is 1. The van der Waals surface area contributed by atoms with E-state index in [4.69, 9.17) is 4.52 Å². The fraction of sp³-hybridized carbons (Fsp3) is 0.143. The van der Waals surface area contributed by atoms with Crippen molar-refractivity contribution in [2.45, 2.75) is 6.42 Å². The Morgan fingerprint density at radius 1 is 1.56 bits per heavy atom. The van der Waals surface area contributed by atoms with Crippen LogP contribution in [0.3, 0.4) is 0 Å². The van der Waals surface area contributed by atoms with Crippen LogP contribution in [0.4, 0.5) is 0 Å². The minimum Gasteiger partial charge on any atom is -0.480 e. The van der Waals surface area contributed by atoms with E-state index in [1.54, 1.807) is 6.26 Å². The second kappa shape index (κ2) is 2.84. The predicted molar refractivity (Wildman–Crippen MR) is 41.4 cm³/mol. The lowest BCUT2D eigenvalue weighted by Gasteiger charge is -1.97. The maximum atomic E-state index is 5.06. The van der Waals surface area contributed by atoms with E-state index in [1.165, 1.54) is 0 Å². The molecule has 48 valence electrons. The normalized spacial score (nSPS) is 21.8. The molecule has 0 bridgehead atoms. The van der Waals surface area contributed by atoms with Gasteiger partial charge in [-0.1, -0.05) is 13.2 Å². The quantitative estimate of drug-likeness (QED) is 0.470. The fourth-order valence-electron chi connectivity index (χ4n) is 0.617. The van der Waals surface area contributed by atoms with Crippen LogP contribution in [0.1, 0.15) is 6.42 Å². The molecule has 0 saturated carbocycles. The van der Waals surface area contributed by atoms with E-state index in [9.17, 15) is 0 Å². The summed E-state index contributed by atoms with van der Waals surface area (Å²) in [6.45, 7) is 7.61. The summed E-state index contributed by atoms with van der Waals surface area (Å²) in [7, 11) is 0.412. The van der Waals surface area contributed by atoms with Gasteiger partial charge in [0, 0.05) is 0 Å². The van der Waals surface area contributed by atoms with Gasteiger partial charge < -0.3 is 4.52 Å². The Kier molecular flexibility index (Phi) is 2.07. The minimum absolute atomic E-state index is 0.412. The van der Waals surface area contributed by atoms with Crippen molar-refractivity contribution in [3.05, 3.63) is 36.4 Å². The summed E-state index contributed by atoms with van der Waals surface area (Å²) in [5.41, 5.74) is 1.07. The van der Waals surface area contributed by atoms with Gasteiger partial charge >= 0.3 is 0 Å². The zero-order chi connectivity index (χ0) is 6.69. The van der Waals surface area contributed by atoms with Crippen LogP contribution in [0.2, 0.25) is 0 Å². The first-order valence-corrected chi connectivity index (χ1v) is 3.63. The Morgan fingerprint density at radius 2 is 2.33 bits per heavy atom. The minimum atomic E-state index is 0.412. The summed E-state index contributed by atoms with van der Waals surface area (Å²) in [6, 6.07) is 0. The molecule has 0 aliphatic carbocycles. The highest BCUT2D eigenvalue weighted by molar-refractivity contribution is 7.37. The molecule has 2 heteroatoms. The van der Waals surface area contributed by atoms with Gasteiger partial charge in [-0.3, -0.25) is 0 Å². The van der Waals surface area contributed by atoms with Gasteiger partial charge in [-0.15, -0.1) is 0 Å². The SMILES string of the molecule is C=C1C=COPC(=C)C1. The third-order valence-electron chi connectivity index (χ3n) is 1.02. The maximum Gasteiger partial charge on any atom is 0.0993 e. The molecule has 0 amide bonds. The molecule has 1 rings (SSSR count). The molecule has 9 heavy (non-hydrogen) atoms. The maximum absolute atomic E-state index is 5.06. The Labute approximate surface area is 57.0 Å². The van der Waals surface area contributed by atoms with E-state index in [0.29, 0.717) is 8.81 Å². The Hall–Kier alpha value is -0.550. The summed E-state index contributed by atoms with van der Waals surface area (Å²) in [6.07, 6.45) is 4.44. The highest BCUT2D eigenvalue weighted by Gasteiger charge is 1.99. The standard InChI is InChI=1S/C7H9OP/c1-6-3-4-8-9-7(2)5-6/h3-4,9H,1-2,5H2. The molecule has 0 aromatic heterocycles. The second-order valence-corrected chi connectivity index (χ2v) is 3.11. The van der Waals surface area contributed by atoms with Crippen LogP contribution in [-0.2, 0) is 4.52 Å². The molecule has 1 aliphatic rings. The van der Waals surface area contributed by atoms with Gasteiger partial charge in [-0.25, -0.2) is 0 Å². The van der Waals surface area contributed by atoms with E-state index in [1.807, 2.05) is 6.08 Å². The molecule has 0 aromatic carbocycles. The van der Waals surface area contributed by atoms with Crippen LogP contribution in [0.5, 0.6) is 0 Å². The van der Waals surface area contributed by atoms with Crippen molar-refractivity contribution in [3.8, 4) is 0 Å². The lowest BCUT2D eigenvalue weighted by Crippen LogP contribution is -1.71. The topological polar surface area (TPSA) is 9.23 Å². The van der Waals surface area contributed by atoms with Crippen LogP contribution in [0.15, 0.2) is 36.4 Å². The van der Waals surface area contributed by atoms with Crippen LogP contribution in [0.25, 0.3) is 0 Å². The molecule has 0 spiro atoms. The molecular weight excluding hydrogens is 131 g/mol. The van der Waals surface area contributed by atoms with Crippen molar-refractivity contribution in [1.82, 2.24) is 0 Å². The zero-order valence-electron chi connectivity index (χ0n) is 5.18. The smallest absolute Gasteiger partial charge is 0.0993 e. The van der Waals surface area contributed by atoms with E-state index in [0.717, 1.165) is 17.3 Å². The van der Waals surface area contributed by atoms with Crippen molar-refractivity contribution in [3.63, 3.8) is 0 Å². The Morgan fingerprint density at radius 3 is 3.11 bits per heavy atom. The Bertz CT molecular complexity index is 170. The first-order chi connectivity index (χ1) is 4.29. The van der Waals surface area contributed by atoms with Gasteiger partial charge in [0.1, 0.15) is 0 Å². The lowest BCUT2D eigenvalue weighted by atomic mass is 10.2. The summed E-state index contributed by atoms with van der Waals surface area (Å²) in [4.78, 5) is 0. The van der Waals surface area contributed by atoms with Crippen molar-refractivity contribution >= 4 is 8.81 Å². The molecule has 0 aromatic rings. The van der Waals surface area contributed by atoms with Crippen molar-refractivity contribution in [2.75, 3.05) is 0 Å². The Balaban J connectivity index is 2.61. The van der Waals surface area contributed by atoms with Crippen molar-refractivity contribution < 1.29 is 4.52 Å². The van der Waals surface area contributed by atoms with Crippen molar-refractivity contribution in [2.24, 2.45) is 0 Å². The molecule has 0 radical (unpaired) electrons. The molecule has 1 nitrogen and oxygen atoms in total. The highest BCUT2D eigenvalue weighted by atomic mass is 31.1. The van der Waals surface area contributed by atoms with Gasteiger partial charge in [0.05, 0.1) is 15.1 Å². The number of hydrogen-bond donors (Lipinski definition) is 0. The van der Waals surface area contributed by atoms with Gasteiger partial charge in [0.15, 0.2) is 0 Å². The molecule has 1 aliphatic heterocycles. The lowest BCUT2D eigenvalue weighted by molar-refractivity contribution is 0.556. The molecule has 0 saturated heterocycles. The van der Waals surface area contributed by atoms with E-state index in [-0.39, 0.29) is 0 Å². The second-order valence-electron chi connectivity index (χ2n) is 1.96. The largest absolute Gasteiger partial charge is 0.480 e. The third kappa shape index (κ3) is 2.03. The highest BCUT2D eigenvalue weighted by Crippen LogP contribution is 2.31. The van der Waals surface area contributed by atoms with E-state index < -0.39 is 0 Å². The first kappa shape index (κ1) is 6.57. The summed E-state index contributed by atoms with van der Waals surface area (Å²) in [5.74, 6) is 0. The van der Waals surface area contributed by atoms with Crippen LogP contribution in [0, 0.1) is 0 Å². The molecular formula is C7H9OP. The number of rotatable bonds is 0. The zero-order valence-corrected chi connectivity index (χ0v) is 6.18. The van der Waals surface area contributed by atoms with Crippen LogP contribution < -0.4 is 0 Å². The molecule has 1 atom stereocenters. The van der Waals surface area contributed by atoms with Gasteiger partial charge in [0.25, 0.3) is 0 Å². The average Bonchev–Trinajstić information content (AvgIpc) is 1.93. The van der Waals surface area contributed by atoms with Crippen LogP contribution in [-0.4, -0.2) is 0 Å². The third-order valence-corrected chi connectivity index (χ3v) is 1.73. The molecule has 0 N–H and O–H groups in total. The molecule has 1 heterocycles. The van der Waals surface area contributed by atoms with Crippen molar-refractivity contribution in [1.29, 1.82) is 0 Å². The molecule has 1 unspecified atom stereocenters. The predicted octanol–water partition coefficient (Wildman–Crippen LogP) is 2.58.